The Morgan fingerprint density at radius 1 is 0.468 bits per heavy atom. The van der Waals surface area contributed by atoms with Crippen molar-refractivity contribution in [1.29, 1.82) is 0 Å². The number of ether oxygens (including phenoxy) is 4. The molecule has 24 rings (SSSR count). The number of hydrogen-bond acceptors (Lipinski definition) is 20. The van der Waals surface area contributed by atoms with Crippen LogP contribution < -0.4 is 36.1 Å². The summed E-state index contributed by atoms with van der Waals surface area (Å²) < 4.78 is 23.6. The van der Waals surface area contributed by atoms with Crippen LogP contribution in [0.5, 0.6) is 0 Å². The molecule has 676 valence electrons. The average molecular weight is 1770 g/mol. The molecule has 124 heavy (non-hydrogen) atoms. The number of carboxylic acid groups (broad SMARTS) is 1. The normalized spacial score (nSPS) is 35.4. The number of Topliss-reactive ketones (excluding diaryl/α,β-unsaturated/α-hetero) is 2. The van der Waals surface area contributed by atoms with Crippen molar-refractivity contribution in [3.8, 4) is 0 Å². The smallest absolute Gasteiger partial charge is 0.870 e. The standard InChI is InChI=1S/C22H28N2O3.C21H27N3O3.C21H26N2O4.C13H17ClO3.C9H12N2.C8H19N.CH2Cl2.Li.H3N.H2O/c1-14(25)22-11-15-9-16(12-22)20(17(10-15)13-22)27-21(26)24-8-4-6-19(24)18-5-2-3-7-23-18;22-19(25)21-10-13-8-14(11-21)18(15(9-13)12-21)27-20(26)24-7-3-5-17(24)16-4-1-2-6-23-16;24-19(25)21-10-13-8-14(11-21)18(15(9-13)12-21)27-20(26)23-7-3-5-17(23)16-4-1-2-6-22-16;1-7(15)13-4-8-2-9(5-13)11(17-12(14)16)10(3-8)6-13;1-2-6-10-8(4-1)9-5-3-7-11-9;1-6-9(7(2)3)8(4)5;2-1-3;;;/h2-3,5,7,15-17,19-20H,4,6,8-13H2,1H3;1-2,4,6,13-15,17-18H,3,5,7-12H2,(H2,22,25);1-2,4,6,13-15,17-18H,3,5,7-12H2,(H,24,25);8-11H,2-6H2,1H3;1-2,4,6,9,11H,3,5,7H2;7-8H,6H2,1-5H3;1H2;;1H3;1H2/q;;;;;;;+1;;/p-1. The molecule has 12 atom stereocenters. The molecular weight excluding hydrogens is 1630 g/mol. The molecule has 20 fully saturated rings. The van der Waals surface area contributed by atoms with Crippen molar-refractivity contribution in [3.63, 3.8) is 0 Å². The number of rotatable bonds is 15. The van der Waals surface area contributed by atoms with Crippen molar-refractivity contribution < 1.29 is 86.7 Å². The third-order valence-electron chi connectivity index (χ3n) is 31.5. The van der Waals surface area contributed by atoms with Crippen LogP contribution >= 0.6 is 34.8 Å². The number of carbonyl (C=O) groups is 8. The van der Waals surface area contributed by atoms with Crippen molar-refractivity contribution in [2.45, 2.75) is 289 Å². The number of ketones is 2. The van der Waals surface area contributed by atoms with Crippen LogP contribution in [-0.4, -0.2) is 172 Å². The number of nitrogens with two attached hydrogens (primary N) is 1. The Bertz CT molecular complexity index is 3850. The number of alkyl halides is 2. The number of halogens is 3. The molecule has 16 saturated carbocycles. The minimum absolute atomic E-state index is 0. The number of nitrogens with zero attached hydrogens (tertiary/aromatic N) is 8. The molecule has 20 aliphatic rings. The van der Waals surface area contributed by atoms with Crippen LogP contribution in [-0.2, 0) is 38.1 Å². The maximum absolute atomic E-state index is 13.0. The number of nitrogens with one attached hydrogen (secondary N) is 1. The van der Waals surface area contributed by atoms with E-state index in [1.807, 2.05) is 87.6 Å². The second kappa shape index (κ2) is 42.8. The third-order valence-corrected chi connectivity index (χ3v) is 31.6. The summed E-state index contributed by atoms with van der Waals surface area (Å²) in [5.41, 5.74) is 7.92. The predicted molar refractivity (Wildman–Crippen MR) is 468 cm³/mol. The molecule has 8 heterocycles. The van der Waals surface area contributed by atoms with Gasteiger partial charge in [0.25, 0.3) is 0 Å². The van der Waals surface area contributed by atoms with Gasteiger partial charge in [-0.05, 0) is 354 Å². The summed E-state index contributed by atoms with van der Waals surface area (Å²) in [6, 6.07) is 25.5. The fourth-order valence-corrected chi connectivity index (χ4v) is 27.3. The Hall–Kier alpha value is -6.53. The van der Waals surface area contributed by atoms with Gasteiger partial charge in [-0.15, -0.1) is 23.2 Å². The molecule has 8 N–H and O–H groups in total. The molecule has 12 unspecified atom stereocenters. The summed E-state index contributed by atoms with van der Waals surface area (Å²) >= 11 is 14.9. The van der Waals surface area contributed by atoms with E-state index in [-0.39, 0.29) is 142 Å². The molecule has 0 radical (unpaired) electrons. The van der Waals surface area contributed by atoms with Gasteiger partial charge in [0.2, 0.25) is 5.91 Å². The largest absolute Gasteiger partial charge is 1.00 e. The second-order valence-electron chi connectivity index (χ2n) is 39.5. The molecule has 4 aliphatic heterocycles. The molecule has 25 nitrogen and oxygen atoms in total. The fraction of sp³-hybridized carbons (Fsp3) is 0.705. The van der Waals surface area contributed by atoms with Crippen LogP contribution in [0.15, 0.2) is 97.6 Å². The van der Waals surface area contributed by atoms with Gasteiger partial charge in [-0.1, -0.05) is 31.2 Å². The van der Waals surface area contributed by atoms with Crippen LogP contribution in [0.2, 0.25) is 0 Å². The van der Waals surface area contributed by atoms with Gasteiger partial charge in [0, 0.05) is 85.0 Å². The Balaban J connectivity index is 0.000000148. The second-order valence-corrected chi connectivity index (χ2v) is 40.6. The third kappa shape index (κ3) is 21.6. The van der Waals surface area contributed by atoms with Gasteiger partial charge in [0.15, 0.2) is 0 Å². The Morgan fingerprint density at radius 2 is 0.758 bits per heavy atom. The molecule has 4 aromatic heterocycles. The molecule has 4 amide bonds. The number of primary amides is 1. The van der Waals surface area contributed by atoms with E-state index >= 15 is 0 Å². The van der Waals surface area contributed by atoms with E-state index in [0.29, 0.717) is 96.4 Å². The fourth-order valence-electron chi connectivity index (χ4n) is 27.2. The zero-order chi connectivity index (χ0) is 85.7. The van der Waals surface area contributed by atoms with Gasteiger partial charge < -0.3 is 46.7 Å². The van der Waals surface area contributed by atoms with E-state index in [1.54, 1.807) is 32.4 Å². The van der Waals surface area contributed by atoms with E-state index < -0.39 is 16.8 Å². The van der Waals surface area contributed by atoms with Crippen LogP contribution in [0.3, 0.4) is 0 Å². The van der Waals surface area contributed by atoms with E-state index in [1.165, 1.54) is 18.5 Å². The van der Waals surface area contributed by atoms with Gasteiger partial charge in [-0.3, -0.25) is 58.7 Å². The van der Waals surface area contributed by atoms with Crippen molar-refractivity contribution in [2.24, 2.45) is 98.4 Å². The van der Waals surface area contributed by atoms with E-state index in [4.69, 9.17) is 59.5 Å². The number of likely N-dealkylation sites (tertiary alicyclic amines) is 3. The summed E-state index contributed by atoms with van der Waals surface area (Å²) in [5, 5.41) is 13.4. The van der Waals surface area contributed by atoms with Crippen LogP contribution in [0.1, 0.15) is 275 Å². The summed E-state index contributed by atoms with van der Waals surface area (Å²) in [4.78, 5) is 124. The zero-order valence-electron chi connectivity index (χ0n) is 74.3. The van der Waals surface area contributed by atoms with E-state index in [0.717, 1.165) is 197 Å². The molecule has 16 bridgehead atoms. The van der Waals surface area contributed by atoms with Gasteiger partial charge in [0.05, 0.1) is 57.1 Å². The van der Waals surface area contributed by atoms with Crippen LogP contribution in [0.4, 0.5) is 19.2 Å². The zero-order valence-corrected chi connectivity index (χ0v) is 76.5. The quantitative estimate of drug-likeness (QED) is 0.0372. The Labute approximate surface area is 760 Å². The van der Waals surface area contributed by atoms with Gasteiger partial charge in [-0.2, -0.15) is 0 Å². The van der Waals surface area contributed by atoms with Crippen molar-refractivity contribution in [2.75, 3.05) is 38.1 Å². The van der Waals surface area contributed by atoms with Crippen LogP contribution in [0.25, 0.3) is 0 Å². The van der Waals surface area contributed by atoms with E-state index in [9.17, 15) is 43.5 Å². The number of carboxylic acids is 1. The number of aliphatic carboxylic acids is 1. The summed E-state index contributed by atoms with van der Waals surface area (Å²) in [6.45, 7) is 19.1. The first-order chi connectivity index (χ1) is 58.1. The minimum Gasteiger partial charge on any atom is -0.870 e. The van der Waals surface area contributed by atoms with E-state index in [2.05, 4.69) is 70.8 Å². The monoisotopic (exact) mass is 1770 g/mol. The molecule has 0 spiro atoms. The van der Waals surface area contributed by atoms with Gasteiger partial charge in [-0.25, -0.2) is 19.2 Å². The van der Waals surface area contributed by atoms with Crippen molar-refractivity contribution in [1.82, 2.24) is 51.0 Å². The first-order valence-corrected chi connectivity index (χ1v) is 47.2. The number of pyridine rings is 4. The molecule has 4 saturated heterocycles. The molecule has 0 aromatic carbocycles. The molecule has 29 heteroatoms. The van der Waals surface area contributed by atoms with Crippen molar-refractivity contribution >= 4 is 82.0 Å². The maximum Gasteiger partial charge on any atom is 1.00 e. The number of amides is 4. The topological polar surface area (TPSA) is 361 Å². The minimum atomic E-state index is -0.695. The Kier molecular flexibility index (Phi) is 33.9. The summed E-state index contributed by atoms with van der Waals surface area (Å²) in [5.74, 6) is 4.62. The van der Waals surface area contributed by atoms with Crippen molar-refractivity contribution in [3.05, 3.63) is 120 Å². The summed E-state index contributed by atoms with van der Waals surface area (Å²) in [7, 11) is 0. The molecule has 4 aromatic rings. The first-order valence-electron chi connectivity index (χ1n) is 45.7. The molecular formula is C95H135Cl3LiN11O14. The van der Waals surface area contributed by atoms with Gasteiger partial charge >= 0.3 is 48.5 Å². The number of carbonyl (C=O) groups excluding carboxylic acids is 7. The SMILES string of the molecule is CC(=O)C12CC3CC(C1)C(OC(=O)Cl)C(C3)C2.CC(=O)C12CC3CC(C1)C(OC(=O)N1CCCC1c1ccccn1)C(C3)C2.CCN(C(C)C)C(C)C.ClCCl.N.NC(=O)C12CC3CC(C1)C(OC(=O)N1CCCC1c1ccccn1)C(C3)C2.O=C(OC1C2CC3CC1CC(C(=O)O)(C3)C2)N1CCCC1c1ccccn1.[Li+].[OH-].c1ccc(C2CCCN2)nc1. The predicted octanol–water partition coefficient (Wildman–Crippen LogP) is 16.0. The molecule has 16 aliphatic carbocycles. The van der Waals surface area contributed by atoms with Crippen LogP contribution in [0, 0.1) is 92.7 Å². The number of aromatic nitrogens is 4. The maximum atomic E-state index is 13.0. The number of hydrogen-bond donors (Lipinski definition) is 4. The average Bonchev–Trinajstić information content (AvgIpc) is 0.814. The first kappa shape index (κ1) is 98.1. The Morgan fingerprint density at radius 3 is 1.01 bits per heavy atom. The van der Waals surface area contributed by atoms with Gasteiger partial charge in [0.1, 0.15) is 36.0 Å². The summed E-state index contributed by atoms with van der Waals surface area (Å²) in [6.07, 6.45) is 33.5.